The number of aliphatic hydroxyl groups excluding tert-OH is 1. The van der Waals surface area contributed by atoms with Gasteiger partial charge in [0.25, 0.3) is 0 Å². The molecule has 0 amide bonds. The van der Waals surface area contributed by atoms with Crippen molar-refractivity contribution in [3.05, 3.63) is 14.7 Å². The summed E-state index contributed by atoms with van der Waals surface area (Å²) in [6.45, 7) is 4.29. The Bertz CT molecular complexity index is 470. The van der Waals surface area contributed by atoms with Crippen LogP contribution >= 0.6 is 27.3 Å². The normalized spacial score (nSPS) is 13.9. The van der Waals surface area contributed by atoms with Crippen LogP contribution < -0.4 is 4.72 Å². The lowest BCUT2D eigenvalue weighted by Gasteiger charge is -2.10. The first-order valence-electron chi connectivity index (χ1n) is 5.29. The van der Waals surface area contributed by atoms with Crippen molar-refractivity contribution in [3.8, 4) is 0 Å². The van der Waals surface area contributed by atoms with E-state index in [1.54, 1.807) is 0 Å². The summed E-state index contributed by atoms with van der Waals surface area (Å²) >= 11 is 4.43. The Balaban J connectivity index is 2.85. The number of aliphatic hydroxyl groups is 1. The van der Waals surface area contributed by atoms with Crippen LogP contribution in [0.1, 0.15) is 25.1 Å². The highest BCUT2D eigenvalue weighted by Gasteiger charge is 2.20. The molecule has 1 unspecified atom stereocenters. The minimum absolute atomic E-state index is 0.149. The summed E-state index contributed by atoms with van der Waals surface area (Å²) in [6, 6.07) is 1.49. The first-order chi connectivity index (χ1) is 7.90. The average molecular weight is 342 g/mol. The van der Waals surface area contributed by atoms with Crippen LogP contribution in [0.2, 0.25) is 0 Å². The van der Waals surface area contributed by atoms with Gasteiger partial charge >= 0.3 is 0 Å². The molecule has 1 heterocycles. The van der Waals surface area contributed by atoms with Gasteiger partial charge in [-0.05, 0) is 27.9 Å². The number of nitrogens with one attached hydrogen (secondary N) is 1. The molecule has 0 fully saturated rings. The maximum absolute atomic E-state index is 12.0. The first-order valence-corrected chi connectivity index (χ1v) is 8.38. The van der Waals surface area contributed by atoms with Gasteiger partial charge < -0.3 is 5.11 Å². The highest BCUT2D eigenvalue weighted by Crippen LogP contribution is 2.31. The highest BCUT2D eigenvalue weighted by molar-refractivity contribution is 9.11. The minimum Gasteiger partial charge on any atom is -0.391 e. The smallest absolute Gasteiger partial charge is 0.242 e. The Morgan fingerprint density at radius 2 is 2.24 bits per heavy atom. The molecule has 1 aromatic rings. The van der Waals surface area contributed by atoms with Gasteiger partial charge in [-0.3, -0.25) is 0 Å². The molecule has 17 heavy (non-hydrogen) atoms. The molecule has 0 saturated heterocycles. The number of thiophene rings is 1. The third kappa shape index (κ3) is 4.03. The molecule has 0 aromatic carbocycles. The van der Waals surface area contributed by atoms with Gasteiger partial charge in [0.1, 0.15) is 4.90 Å². The Labute approximate surface area is 114 Å². The zero-order chi connectivity index (χ0) is 13.1. The van der Waals surface area contributed by atoms with Crippen molar-refractivity contribution in [1.29, 1.82) is 0 Å². The zero-order valence-electron chi connectivity index (χ0n) is 9.73. The molecule has 4 nitrogen and oxygen atoms in total. The van der Waals surface area contributed by atoms with Crippen molar-refractivity contribution in [2.75, 3.05) is 6.54 Å². The number of sulfonamides is 1. The molecule has 0 aliphatic heterocycles. The van der Waals surface area contributed by atoms with Crippen LogP contribution in [0.5, 0.6) is 0 Å². The summed E-state index contributed by atoms with van der Waals surface area (Å²) in [5.41, 5.74) is 0. The average Bonchev–Trinajstić information content (AvgIpc) is 2.68. The van der Waals surface area contributed by atoms with E-state index in [-0.39, 0.29) is 11.5 Å². The lowest BCUT2D eigenvalue weighted by atomic mass is 10.1. The second kappa shape index (κ2) is 6.29. The number of hydrogen-bond donors (Lipinski definition) is 2. The van der Waals surface area contributed by atoms with Gasteiger partial charge in [0.05, 0.1) is 10.4 Å². The predicted molar refractivity (Wildman–Crippen MR) is 72.6 cm³/mol. The van der Waals surface area contributed by atoms with Gasteiger partial charge in [0, 0.05) is 11.4 Å². The summed E-state index contributed by atoms with van der Waals surface area (Å²) < 4.78 is 27.1. The molecule has 1 rings (SSSR count). The molecule has 0 aliphatic carbocycles. The summed E-state index contributed by atoms with van der Waals surface area (Å²) in [5.74, 6) is 0.305. The van der Waals surface area contributed by atoms with E-state index >= 15 is 0 Å². The van der Waals surface area contributed by atoms with E-state index in [0.29, 0.717) is 21.1 Å². The van der Waals surface area contributed by atoms with Crippen LogP contribution in [-0.4, -0.2) is 20.1 Å². The summed E-state index contributed by atoms with van der Waals surface area (Å²) in [7, 11) is -3.48. The van der Waals surface area contributed by atoms with Gasteiger partial charge in [-0.15, -0.1) is 11.3 Å². The predicted octanol–water partition coefficient (Wildman–Crippen LogP) is 2.33. The number of rotatable bonds is 6. The molecule has 0 radical (unpaired) electrons. The van der Waals surface area contributed by atoms with Gasteiger partial charge in [0.15, 0.2) is 0 Å². The van der Waals surface area contributed by atoms with Crippen LogP contribution in [0.25, 0.3) is 0 Å². The molecule has 98 valence electrons. The maximum Gasteiger partial charge on any atom is 0.242 e. The molecule has 0 bridgehead atoms. The molecule has 0 saturated carbocycles. The molecule has 7 heteroatoms. The lowest BCUT2D eigenvalue weighted by Crippen LogP contribution is -2.28. The van der Waals surface area contributed by atoms with E-state index in [1.807, 2.05) is 13.8 Å². The van der Waals surface area contributed by atoms with Crippen LogP contribution in [0, 0.1) is 5.92 Å². The minimum atomic E-state index is -3.48. The van der Waals surface area contributed by atoms with Gasteiger partial charge in [0.2, 0.25) is 10.0 Å². The molecular formula is C10H16BrNO3S2. The van der Waals surface area contributed by atoms with Crippen molar-refractivity contribution in [3.63, 3.8) is 0 Å². The Kier molecular flexibility index (Phi) is 5.59. The third-order valence-corrected chi connectivity index (χ3v) is 6.13. The molecule has 2 N–H and O–H groups in total. The second-order valence-corrected chi connectivity index (χ2v) is 8.06. The fourth-order valence-corrected chi connectivity index (χ4v) is 4.84. The standard InChI is InChI=1S/C10H16BrNO3S2/c1-3-7(2)5-12-17(14,15)9-4-8(6-13)16-10(9)11/h4,7,12-13H,3,5-6H2,1-2H3. The fourth-order valence-electron chi connectivity index (χ4n) is 1.13. The van der Waals surface area contributed by atoms with E-state index in [0.717, 1.165) is 6.42 Å². The number of halogens is 1. The van der Waals surface area contributed by atoms with E-state index < -0.39 is 10.0 Å². The Morgan fingerprint density at radius 1 is 1.59 bits per heavy atom. The molecule has 0 spiro atoms. The second-order valence-electron chi connectivity index (χ2n) is 3.87. The zero-order valence-corrected chi connectivity index (χ0v) is 13.0. The van der Waals surface area contributed by atoms with Gasteiger partial charge in [-0.2, -0.15) is 0 Å². The SMILES string of the molecule is CCC(C)CNS(=O)(=O)c1cc(CO)sc1Br. The Hall–Kier alpha value is 0.0500. The van der Waals surface area contributed by atoms with Crippen LogP contribution in [0.15, 0.2) is 14.7 Å². The van der Waals surface area contributed by atoms with Crippen molar-refractivity contribution in [2.45, 2.75) is 31.8 Å². The van der Waals surface area contributed by atoms with Crippen molar-refractivity contribution >= 4 is 37.3 Å². The topological polar surface area (TPSA) is 66.4 Å². The van der Waals surface area contributed by atoms with Gasteiger partial charge in [-0.25, -0.2) is 13.1 Å². The largest absolute Gasteiger partial charge is 0.391 e. The van der Waals surface area contributed by atoms with E-state index in [4.69, 9.17) is 5.11 Å². The Morgan fingerprint density at radius 3 is 2.71 bits per heavy atom. The maximum atomic E-state index is 12.0. The number of hydrogen-bond acceptors (Lipinski definition) is 4. The monoisotopic (exact) mass is 341 g/mol. The fraction of sp³-hybridized carbons (Fsp3) is 0.600. The molecule has 1 atom stereocenters. The van der Waals surface area contributed by atoms with Crippen molar-refractivity contribution in [1.82, 2.24) is 4.72 Å². The first kappa shape index (κ1) is 15.1. The van der Waals surface area contributed by atoms with Crippen molar-refractivity contribution in [2.24, 2.45) is 5.92 Å². The van der Waals surface area contributed by atoms with Crippen LogP contribution in [0.4, 0.5) is 0 Å². The molecule has 0 aliphatic rings. The van der Waals surface area contributed by atoms with E-state index in [2.05, 4.69) is 20.7 Å². The third-order valence-electron chi connectivity index (χ3n) is 2.47. The van der Waals surface area contributed by atoms with E-state index in [1.165, 1.54) is 17.4 Å². The van der Waals surface area contributed by atoms with E-state index in [9.17, 15) is 8.42 Å². The van der Waals surface area contributed by atoms with Crippen molar-refractivity contribution < 1.29 is 13.5 Å². The van der Waals surface area contributed by atoms with Gasteiger partial charge in [-0.1, -0.05) is 20.3 Å². The quantitative estimate of drug-likeness (QED) is 0.834. The lowest BCUT2D eigenvalue weighted by molar-refractivity contribution is 0.285. The van der Waals surface area contributed by atoms with Crippen LogP contribution in [0.3, 0.4) is 0 Å². The summed E-state index contributed by atoms with van der Waals surface area (Å²) in [6.07, 6.45) is 0.926. The summed E-state index contributed by atoms with van der Waals surface area (Å²) in [5, 5.41) is 8.97. The molecular weight excluding hydrogens is 326 g/mol. The summed E-state index contributed by atoms with van der Waals surface area (Å²) in [4.78, 5) is 0.829. The highest BCUT2D eigenvalue weighted by atomic mass is 79.9. The van der Waals surface area contributed by atoms with Crippen LogP contribution in [-0.2, 0) is 16.6 Å². The molecule has 1 aromatic heterocycles.